The molecule has 0 radical (unpaired) electrons. The molecule has 2 rings (SSSR count). The number of hydrogen-bond donors (Lipinski definition) is 2. The summed E-state index contributed by atoms with van der Waals surface area (Å²) in [5.41, 5.74) is 9.05. The number of nitrogens with zero attached hydrogens (tertiary/aromatic N) is 1. The number of hydrogen-bond acceptors (Lipinski definition) is 6. The molecule has 26 heavy (non-hydrogen) atoms. The minimum atomic E-state index is -0.453. The quantitative estimate of drug-likeness (QED) is 0.568. The summed E-state index contributed by atoms with van der Waals surface area (Å²) in [5, 5.41) is 6.43. The molecule has 0 bridgehead atoms. The van der Waals surface area contributed by atoms with Crippen LogP contribution >= 0.6 is 11.3 Å². The van der Waals surface area contributed by atoms with E-state index in [0.29, 0.717) is 17.1 Å². The van der Waals surface area contributed by atoms with Crippen LogP contribution in [0.25, 0.3) is 0 Å². The van der Waals surface area contributed by atoms with Crippen molar-refractivity contribution in [3.05, 3.63) is 57.7 Å². The number of thiophene rings is 1. The first kappa shape index (κ1) is 19.7. The third kappa shape index (κ3) is 6.33. The second-order valence-electron chi connectivity index (χ2n) is 5.88. The molecule has 1 heterocycles. The lowest BCUT2D eigenvalue weighted by Crippen LogP contribution is -2.33. The molecule has 0 aromatic carbocycles. The number of rotatable bonds is 7. The van der Waals surface area contributed by atoms with Crippen LogP contribution in [0.15, 0.2) is 57.1 Å². The van der Waals surface area contributed by atoms with Gasteiger partial charge in [0.25, 0.3) is 5.91 Å². The summed E-state index contributed by atoms with van der Waals surface area (Å²) in [6, 6.07) is 1.85. The van der Waals surface area contributed by atoms with Gasteiger partial charge in [-0.15, -0.1) is 0 Å². The molecule has 3 N–H and O–H groups in total. The zero-order valence-electron chi connectivity index (χ0n) is 15.0. The maximum absolute atomic E-state index is 12.1. The van der Waals surface area contributed by atoms with Gasteiger partial charge in [0.15, 0.2) is 6.61 Å². The average Bonchev–Trinajstić information content (AvgIpc) is 3.11. The van der Waals surface area contributed by atoms with Crippen molar-refractivity contribution in [3.8, 4) is 0 Å². The van der Waals surface area contributed by atoms with Gasteiger partial charge in [0.2, 0.25) is 0 Å². The highest BCUT2D eigenvalue weighted by atomic mass is 32.1. The smallest absolute Gasteiger partial charge is 0.310 e. The molecule has 138 valence electrons. The fourth-order valence-corrected chi connectivity index (χ4v) is 3.01. The Kier molecular flexibility index (Phi) is 7.35. The van der Waals surface area contributed by atoms with Crippen LogP contribution in [0, 0.1) is 0 Å². The SMILES string of the molecule is CC(=NC1=CCCC=C1)C(NC(=O)COC(=O)Cc1ccsc1)=C(C)N. The van der Waals surface area contributed by atoms with Crippen molar-refractivity contribution in [2.45, 2.75) is 33.1 Å². The van der Waals surface area contributed by atoms with E-state index in [2.05, 4.69) is 16.4 Å². The van der Waals surface area contributed by atoms with Gasteiger partial charge in [-0.25, -0.2) is 0 Å². The Morgan fingerprint density at radius 1 is 1.35 bits per heavy atom. The summed E-state index contributed by atoms with van der Waals surface area (Å²) >= 11 is 1.51. The number of allylic oxidation sites excluding steroid dienone is 5. The predicted octanol–water partition coefficient (Wildman–Crippen LogP) is 2.84. The van der Waals surface area contributed by atoms with Crippen molar-refractivity contribution in [3.63, 3.8) is 0 Å². The van der Waals surface area contributed by atoms with E-state index >= 15 is 0 Å². The molecule has 7 heteroatoms. The zero-order chi connectivity index (χ0) is 18.9. The molecule has 1 amide bonds. The predicted molar refractivity (Wildman–Crippen MR) is 104 cm³/mol. The van der Waals surface area contributed by atoms with E-state index in [0.717, 1.165) is 24.1 Å². The Morgan fingerprint density at radius 3 is 2.77 bits per heavy atom. The van der Waals surface area contributed by atoms with Gasteiger partial charge in [-0.3, -0.25) is 14.6 Å². The number of carbonyl (C=O) groups excluding carboxylic acids is 2. The van der Waals surface area contributed by atoms with E-state index in [1.54, 1.807) is 13.8 Å². The molecule has 1 aromatic heterocycles. The van der Waals surface area contributed by atoms with Gasteiger partial charge in [0.05, 0.1) is 23.5 Å². The number of carbonyl (C=O) groups is 2. The first-order valence-electron chi connectivity index (χ1n) is 8.31. The van der Waals surface area contributed by atoms with Crippen LogP contribution in [-0.2, 0) is 20.7 Å². The summed E-state index contributed by atoms with van der Waals surface area (Å²) in [5.74, 6) is -0.900. The minimum Gasteiger partial charge on any atom is -0.455 e. The molecule has 0 saturated carbocycles. The Labute approximate surface area is 157 Å². The highest BCUT2D eigenvalue weighted by Gasteiger charge is 2.13. The van der Waals surface area contributed by atoms with Crippen LogP contribution in [0.3, 0.4) is 0 Å². The Balaban J connectivity index is 1.90. The summed E-state index contributed by atoms with van der Waals surface area (Å²) in [7, 11) is 0. The van der Waals surface area contributed by atoms with Gasteiger partial charge in [-0.05, 0) is 55.2 Å². The van der Waals surface area contributed by atoms with E-state index in [1.165, 1.54) is 11.3 Å². The molecule has 0 atom stereocenters. The van der Waals surface area contributed by atoms with Crippen molar-refractivity contribution in [1.82, 2.24) is 5.32 Å². The molecule has 0 fully saturated rings. The average molecular weight is 373 g/mol. The Morgan fingerprint density at radius 2 is 2.15 bits per heavy atom. The van der Waals surface area contributed by atoms with Crippen molar-refractivity contribution in [2.75, 3.05) is 6.61 Å². The van der Waals surface area contributed by atoms with Crippen molar-refractivity contribution >= 4 is 28.9 Å². The highest BCUT2D eigenvalue weighted by Crippen LogP contribution is 2.12. The molecule has 0 aliphatic heterocycles. The number of esters is 1. The Bertz CT molecular complexity index is 770. The van der Waals surface area contributed by atoms with E-state index < -0.39 is 11.9 Å². The van der Waals surface area contributed by atoms with E-state index in [-0.39, 0.29) is 13.0 Å². The van der Waals surface area contributed by atoms with Crippen LogP contribution in [0.5, 0.6) is 0 Å². The van der Waals surface area contributed by atoms with Gasteiger partial charge in [0.1, 0.15) is 0 Å². The van der Waals surface area contributed by atoms with Gasteiger partial charge in [-0.1, -0.05) is 12.2 Å². The number of aliphatic imine (C=N–C) groups is 1. The maximum Gasteiger partial charge on any atom is 0.310 e. The first-order valence-corrected chi connectivity index (χ1v) is 9.25. The van der Waals surface area contributed by atoms with Gasteiger partial charge < -0.3 is 15.8 Å². The van der Waals surface area contributed by atoms with Crippen LogP contribution in [0.1, 0.15) is 32.3 Å². The fraction of sp³-hybridized carbons (Fsp3) is 0.316. The third-order valence-corrected chi connectivity index (χ3v) is 4.32. The summed E-state index contributed by atoms with van der Waals surface area (Å²) in [4.78, 5) is 28.3. The van der Waals surface area contributed by atoms with E-state index in [1.807, 2.05) is 29.0 Å². The number of ether oxygens (including phenoxy) is 1. The maximum atomic E-state index is 12.1. The first-order chi connectivity index (χ1) is 12.5. The number of nitrogens with two attached hydrogens (primary N) is 1. The van der Waals surface area contributed by atoms with E-state index in [9.17, 15) is 9.59 Å². The molecule has 1 aromatic rings. The second kappa shape index (κ2) is 9.72. The van der Waals surface area contributed by atoms with Crippen LogP contribution in [0.4, 0.5) is 0 Å². The topological polar surface area (TPSA) is 93.8 Å². The number of amides is 1. The molecule has 0 spiro atoms. The lowest BCUT2D eigenvalue weighted by atomic mass is 10.1. The van der Waals surface area contributed by atoms with Gasteiger partial charge in [0, 0.05) is 5.70 Å². The lowest BCUT2D eigenvalue weighted by Gasteiger charge is -2.13. The summed E-state index contributed by atoms with van der Waals surface area (Å²) < 4.78 is 5.02. The second-order valence-corrected chi connectivity index (χ2v) is 6.66. The highest BCUT2D eigenvalue weighted by molar-refractivity contribution is 7.08. The molecule has 0 saturated heterocycles. The van der Waals surface area contributed by atoms with Gasteiger partial charge >= 0.3 is 5.97 Å². The number of nitrogens with one attached hydrogen (secondary N) is 1. The molecule has 0 unspecified atom stereocenters. The minimum absolute atomic E-state index is 0.149. The van der Waals surface area contributed by atoms with Crippen LogP contribution in [0.2, 0.25) is 0 Å². The lowest BCUT2D eigenvalue weighted by molar-refractivity contribution is -0.147. The largest absolute Gasteiger partial charge is 0.455 e. The molecule has 1 aliphatic rings. The van der Waals surface area contributed by atoms with Crippen LogP contribution < -0.4 is 11.1 Å². The third-order valence-electron chi connectivity index (χ3n) is 3.59. The summed E-state index contributed by atoms with van der Waals surface area (Å²) in [6.07, 6.45) is 8.11. The molecule has 6 nitrogen and oxygen atoms in total. The standard InChI is InChI=1S/C19H23N3O3S/c1-13(20)19(14(2)21-16-6-4-3-5-7-16)22-17(23)11-25-18(24)10-15-8-9-26-12-15/h4,6-9,12H,3,5,10-11,20H2,1-2H3,(H,22,23). The van der Waals surface area contributed by atoms with Gasteiger partial charge in [-0.2, -0.15) is 11.3 Å². The summed E-state index contributed by atoms with van der Waals surface area (Å²) in [6.45, 7) is 3.09. The fourth-order valence-electron chi connectivity index (χ4n) is 2.34. The molecule has 1 aliphatic carbocycles. The monoisotopic (exact) mass is 373 g/mol. The normalized spacial score (nSPS) is 15.2. The molecular weight excluding hydrogens is 350 g/mol. The van der Waals surface area contributed by atoms with Crippen molar-refractivity contribution < 1.29 is 14.3 Å². The zero-order valence-corrected chi connectivity index (χ0v) is 15.8. The van der Waals surface area contributed by atoms with E-state index in [4.69, 9.17) is 10.5 Å². The van der Waals surface area contributed by atoms with Crippen LogP contribution in [-0.4, -0.2) is 24.2 Å². The van der Waals surface area contributed by atoms with Crippen molar-refractivity contribution in [1.29, 1.82) is 0 Å². The molecular formula is C19H23N3O3S. The Hall–Kier alpha value is -2.67. The van der Waals surface area contributed by atoms with Crippen molar-refractivity contribution in [2.24, 2.45) is 10.7 Å².